The molecule has 0 spiro atoms. The van der Waals surface area contributed by atoms with E-state index in [1.807, 2.05) is 0 Å². The van der Waals surface area contributed by atoms with Gasteiger partial charge in [0.25, 0.3) is 0 Å². The zero-order chi connectivity index (χ0) is 24.9. The SMILES string of the molecule is CCOc1ccc(-c2ccc(C=Cc3ccc(C4CCC(CC)CC4)c(F)c3F)cc2)c(F)c1F. The average molecular weight is 483 g/mol. The maximum absolute atomic E-state index is 14.9. The zero-order valence-electron chi connectivity index (χ0n) is 20.1. The lowest BCUT2D eigenvalue weighted by Crippen LogP contribution is -2.14. The predicted octanol–water partition coefficient (Wildman–Crippen LogP) is 9.16. The number of benzene rings is 3. The van der Waals surface area contributed by atoms with Crippen molar-refractivity contribution in [1.82, 2.24) is 0 Å². The van der Waals surface area contributed by atoms with E-state index < -0.39 is 23.3 Å². The summed E-state index contributed by atoms with van der Waals surface area (Å²) in [6.07, 6.45) is 8.26. The summed E-state index contributed by atoms with van der Waals surface area (Å²) in [7, 11) is 0. The van der Waals surface area contributed by atoms with E-state index in [-0.39, 0.29) is 29.4 Å². The predicted molar refractivity (Wildman–Crippen MR) is 133 cm³/mol. The lowest BCUT2D eigenvalue weighted by atomic mass is 9.77. The lowest BCUT2D eigenvalue weighted by molar-refractivity contribution is 0.312. The molecule has 0 radical (unpaired) electrons. The third-order valence-corrected chi connectivity index (χ3v) is 7.03. The Morgan fingerprint density at radius 1 is 0.743 bits per heavy atom. The van der Waals surface area contributed by atoms with Gasteiger partial charge in [-0.3, -0.25) is 0 Å². The van der Waals surface area contributed by atoms with Crippen LogP contribution in [0.2, 0.25) is 0 Å². The van der Waals surface area contributed by atoms with E-state index in [0.717, 1.165) is 37.7 Å². The highest BCUT2D eigenvalue weighted by molar-refractivity contribution is 5.73. The molecule has 3 aromatic rings. The summed E-state index contributed by atoms with van der Waals surface area (Å²) in [5.74, 6) is -2.94. The molecule has 5 heteroatoms. The molecule has 0 atom stereocenters. The molecular weight excluding hydrogens is 452 g/mol. The monoisotopic (exact) mass is 482 g/mol. The lowest BCUT2D eigenvalue weighted by Gasteiger charge is -2.28. The fourth-order valence-electron chi connectivity index (χ4n) is 4.89. The van der Waals surface area contributed by atoms with Gasteiger partial charge < -0.3 is 4.74 Å². The van der Waals surface area contributed by atoms with Gasteiger partial charge in [0.2, 0.25) is 5.82 Å². The normalized spacial score (nSPS) is 18.2. The first-order valence-corrected chi connectivity index (χ1v) is 12.3. The third kappa shape index (κ3) is 5.44. The molecule has 0 amide bonds. The highest BCUT2D eigenvalue weighted by Crippen LogP contribution is 2.39. The topological polar surface area (TPSA) is 9.23 Å². The Bertz CT molecular complexity index is 1190. The molecule has 0 aromatic heterocycles. The largest absolute Gasteiger partial charge is 0.491 e. The van der Waals surface area contributed by atoms with Gasteiger partial charge in [0, 0.05) is 11.1 Å². The van der Waals surface area contributed by atoms with Gasteiger partial charge in [-0.05, 0) is 73.3 Å². The van der Waals surface area contributed by atoms with Crippen molar-refractivity contribution in [3.63, 3.8) is 0 Å². The second kappa shape index (κ2) is 11.1. The van der Waals surface area contributed by atoms with Crippen LogP contribution >= 0.6 is 0 Å². The zero-order valence-corrected chi connectivity index (χ0v) is 20.1. The molecule has 1 fully saturated rings. The van der Waals surface area contributed by atoms with Crippen molar-refractivity contribution < 1.29 is 22.3 Å². The number of hydrogen-bond acceptors (Lipinski definition) is 1. The molecule has 0 heterocycles. The van der Waals surface area contributed by atoms with Crippen LogP contribution in [0.4, 0.5) is 17.6 Å². The van der Waals surface area contributed by atoms with Crippen LogP contribution in [-0.2, 0) is 0 Å². The van der Waals surface area contributed by atoms with Gasteiger partial charge in [0.15, 0.2) is 23.2 Å². The molecule has 1 aliphatic rings. The maximum Gasteiger partial charge on any atom is 0.201 e. The minimum atomic E-state index is -1.02. The van der Waals surface area contributed by atoms with Crippen molar-refractivity contribution >= 4 is 12.2 Å². The van der Waals surface area contributed by atoms with Crippen molar-refractivity contribution in [2.24, 2.45) is 5.92 Å². The van der Waals surface area contributed by atoms with Gasteiger partial charge in [-0.1, -0.05) is 61.9 Å². The van der Waals surface area contributed by atoms with Crippen molar-refractivity contribution in [1.29, 1.82) is 0 Å². The summed E-state index contributed by atoms with van der Waals surface area (Å²) in [6, 6.07) is 13.0. The minimum absolute atomic E-state index is 0.0747. The standard InChI is InChI=1S/C30H30F4O/c1-3-19-5-10-21(11-6-19)24-16-15-23(27(31)28(24)32)14-9-20-7-12-22(13-8-20)25-17-18-26(35-4-2)30(34)29(25)33/h7-9,12-19,21H,3-6,10-11H2,1-2H3. The second-order valence-corrected chi connectivity index (χ2v) is 9.13. The Labute approximate surface area is 204 Å². The van der Waals surface area contributed by atoms with E-state index in [0.29, 0.717) is 17.0 Å². The van der Waals surface area contributed by atoms with E-state index in [9.17, 15) is 17.6 Å². The van der Waals surface area contributed by atoms with E-state index in [4.69, 9.17) is 4.74 Å². The van der Waals surface area contributed by atoms with Gasteiger partial charge in [-0.2, -0.15) is 4.39 Å². The van der Waals surface area contributed by atoms with Crippen LogP contribution in [-0.4, -0.2) is 6.61 Å². The summed E-state index contributed by atoms with van der Waals surface area (Å²) in [6.45, 7) is 4.12. The Morgan fingerprint density at radius 3 is 2.11 bits per heavy atom. The van der Waals surface area contributed by atoms with Gasteiger partial charge in [-0.25, -0.2) is 13.2 Å². The Hall–Kier alpha value is -3.08. The van der Waals surface area contributed by atoms with E-state index in [2.05, 4.69) is 6.92 Å². The summed E-state index contributed by atoms with van der Waals surface area (Å²) in [4.78, 5) is 0. The van der Waals surface area contributed by atoms with Gasteiger partial charge in [0.1, 0.15) is 0 Å². The molecular formula is C30H30F4O. The third-order valence-electron chi connectivity index (χ3n) is 7.03. The first kappa shape index (κ1) is 25.0. The van der Waals surface area contributed by atoms with E-state index in [1.54, 1.807) is 49.4 Å². The number of hydrogen-bond donors (Lipinski definition) is 0. The van der Waals surface area contributed by atoms with Crippen LogP contribution < -0.4 is 4.74 Å². The average Bonchev–Trinajstić information content (AvgIpc) is 2.88. The number of ether oxygens (including phenoxy) is 1. The molecule has 0 bridgehead atoms. The fraction of sp³-hybridized carbons (Fsp3) is 0.333. The molecule has 0 N–H and O–H groups in total. The molecule has 0 aliphatic heterocycles. The van der Waals surface area contributed by atoms with Crippen LogP contribution in [0.1, 0.15) is 68.6 Å². The molecule has 3 aromatic carbocycles. The van der Waals surface area contributed by atoms with Gasteiger partial charge >= 0.3 is 0 Å². The molecule has 0 saturated heterocycles. The van der Waals surface area contributed by atoms with Crippen LogP contribution in [0, 0.1) is 29.2 Å². The smallest absolute Gasteiger partial charge is 0.201 e. The molecule has 35 heavy (non-hydrogen) atoms. The van der Waals surface area contributed by atoms with Crippen LogP contribution in [0.25, 0.3) is 23.3 Å². The van der Waals surface area contributed by atoms with Crippen molar-refractivity contribution in [3.05, 3.63) is 88.5 Å². The molecule has 0 unspecified atom stereocenters. The van der Waals surface area contributed by atoms with Crippen molar-refractivity contribution in [2.75, 3.05) is 6.61 Å². The summed E-state index contributed by atoms with van der Waals surface area (Å²) in [5, 5.41) is 0. The van der Waals surface area contributed by atoms with E-state index >= 15 is 0 Å². The van der Waals surface area contributed by atoms with Crippen LogP contribution in [0.15, 0.2) is 48.5 Å². The highest BCUT2D eigenvalue weighted by Gasteiger charge is 2.25. The molecule has 1 saturated carbocycles. The van der Waals surface area contributed by atoms with Crippen LogP contribution in [0.3, 0.4) is 0 Å². The summed E-state index contributed by atoms with van der Waals surface area (Å²) in [5.41, 5.74) is 2.00. The maximum atomic E-state index is 14.9. The summed E-state index contributed by atoms with van der Waals surface area (Å²) < 4.78 is 63.4. The Kier molecular flexibility index (Phi) is 7.94. The first-order chi connectivity index (χ1) is 16.9. The quantitative estimate of drug-likeness (QED) is 0.241. The highest BCUT2D eigenvalue weighted by atomic mass is 19.2. The minimum Gasteiger partial charge on any atom is -0.491 e. The second-order valence-electron chi connectivity index (χ2n) is 9.13. The number of rotatable bonds is 7. The van der Waals surface area contributed by atoms with Gasteiger partial charge in [0.05, 0.1) is 6.61 Å². The van der Waals surface area contributed by atoms with Crippen LogP contribution in [0.5, 0.6) is 5.75 Å². The molecule has 4 rings (SSSR count). The molecule has 184 valence electrons. The first-order valence-electron chi connectivity index (χ1n) is 12.3. The van der Waals surface area contributed by atoms with E-state index in [1.165, 1.54) is 18.2 Å². The number of halogens is 4. The molecule has 1 nitrogen and oxygen atoms in total. The Balaban J connectivity index is 1.49. The van der Waals surface area contributed by atoms with Crippen molar-refractivity contribution in [3.8, 4) is 16.9 Å². The fourth-order valence-corrected chi connectivity index (χ4v) is 4.89. The molecule has 1 aliphatic carbocycles. The van der Waals surface area contributed by atoms with Gasteiger partial charge in [-0.15, -0.1) is 0 Å². The Morgan fingerprint density at radius 2 is 1.46 bits per heavy atom. The van der Waals surface area contributed by atoms with Crippen molar-refractivity contribution in [2.45, 2.75) is 51.9 Å². The summed E-state index contributed by atoms with van der Waals surface area (Å²) >= 11 is 0.